The van der Waals surface area contributed by atoms with Crippen molar-refractivity contribution >= 4 is 45.5 Å². The molecule has 1 unspecified atom stereocenters. The van der Waals surface area contributed by atoms with Gasteiger partial charge in [0, 0.05) is 9.75 Å². The van der Waals surface area contributed by atoms with Crippen LogP contribution in [-0.4, -0.2) is 31.1 Å². The van der Waals surface area contributed by atoms with Crippen LogP contribution in [0.2, 0.25) is 0 Å². The van der Waals surface area contributed by atoms with Gasteiger partial charge in [-0.2, -0.15) is 0 Å². The van der Waals surface area contributed by atoms with Gasteiger partial charge in [0.1, 0.15) is 9.88 Å². The molecule has 1 atom stereocenters. The van der Waals surface area contributed by atoms with Gasteiger partial charge in [-0.1, -0.05) is 24.3 Å². The van der Waals surface area contributed by atoms with E-state index < -0.39 is 23.9 Å². The first-order valence-corrected chi connectivity index (χ1v) is 13.0. The van der Waals surface area contributed by atoms with Crippen molar-refractivity contribution in [1.29, 1.82) is 0 Å². The minimum atomic E-state index is -1.01. The number of carbonyl (C=O) groups excluding carboxylic acids is 3. The maximum atomic E-state index is 13.0. The monoisotopic (exact) mass is 495 g/mol. The van der Waals surface area contributed by atoms with Crippen LogP contribution in [0.25, 0.3) is 10.4 Å². The van der Waals surface area contributed by atoms with Crippen molar-refractivity contribution in [2.45, 2.75) is 51.6 Å². The summed E-state index contributed by atoms with van der Waals surface area (Å²) >= 11 is 2.81. The Kier molecular flexibility index (Phi) is 6.27. The van der Waals surface area contributed by atoms with E-state index in [0.29, 0.717) is 21.9 Å². The molecular formula is C26H25NO5S2. The van der Waals surface area contributed by atoms with Crippen LogP contribution in [0.3, 0.4) is 0 Å². The third kappa shape index (κ3) is 4.16. The number of fused-ring (bicyclic) bond motifs is 4. The summed E-state index contributed by atoms with van der Waals surface area (Å²) in [6.45, 7) is 1.54. The second-order valence-electron chi connectivity index (χ2n) is 8.57. The number of thiophene rings is 2. The molecule has 0 spiro atoms. The highest BCUT2D eigenvalue weighted by molar-refractivity contribution is 7.20. The number of aryl methyl sites for hydroxylation is 3. The van der Waals surface area contributed by atoms with Crippen molar-refractivity contribution in [3.63, 3.8) is 0 Å². The average Bonchev–Trinajstić information content (AvgIpc) is 3.45. The summed E-state index contributed by atoms with van der Waals surface area (Å²) in [5.41, 5.74) is 4.77. The van der Waals surface area contributed by atoms with Crippen molar-refractivity contribution in [2.75, 3.05) is 12.4 Å². The van der Waals surface area contributed by atoms with E-state index in [2.05, 4.69) is 11.4 Å². The Bertz CT molecular complexity index is 1260. The second kappa shape index (κ2) is 9.35. The van der Waals surface area contributed by atoms with Crippen LogP contribution in [0.1, 0.15) is 61.4 Å². The minimum absolute atomic E-state index is 0.384. The van der Waals surface area contributed by atoms with Gasteiger partial charge in [0.15, 0.2) is 6.10 Å². The average molecular weight is 496 g/mol. The highest BCUT2D eigenvalue weighted by atomic mass is 32.1. The van der Waals surface area contributed by atoms with Crippen LogP contribution in [0.4, 0.5) is 5.00 Å². The quantitative estimate of drug-likeness (QED) is 0.478. The summed E-state index contributed by atoms with van der Waals surface area (Å²) < 4.78 is 10.5. The number of hydrogen-bond acceptors (Lipinski definition) is 7. The number of methoxy groups -OCH3 is 1. The molecule has 34 heavy (non-hydrogen) atoms. The third-order valence-corrected chi connectivity index (χ3v) is 8.79. The van der Waals surface area contributed by atoms with E-state index in [-0.39, 0.29) is 0 Å². The largest absolute Gasteiger partial charge is 0.465 e. The van der Waals surface area contributed by atoms with Crippen molar-refractivity contribution < 1.29 is 23.9 Å². The van der Waals surface area contributed by atoms with E-state index in [4.69, 9.17) is 9.47 Å². The van der Waals surface area contributed by atoms with Gasteiger partial charge in [-0.15, -0.1) is 22.7 Å². The topological polar surface area (TPSA) is 81.7 Å². The second-order valence-corrected chi connectivity index (χ2v) is 10.7. The van der Waals surface area contributed by atoms with E-state index in [0.717, 1.165) is 48.1 Å². The summed E-state index contributed by atoms with van der Waals surface area (Å²) in [7, 11) is 1.33. The number of esters is 2. The van der Waals surface area contributed by atoms with Gasteiger partial charge in [0.25, 0.3) is 5.91 Å². The molecule has 2 aliphatic carbocycles. The van der Waals surface area contributed by atoms with E-state index in [9.17, 15) is 14.4 Å². The minimum Gasteiger partial charge on any atom is -0.465 e. The van der Waals surface area contributed by atoms with Crippen molar-refractivity contribution in [3.8, 4) is 10.4 Å². The van der Waals surface area contributed by atoms with Crippen LogP contribution in [0, 0.1) is 0 Å². The highest BCUT2D eigenvalue weighted by Gasteiger charge is 2.31. The molecule has 0 fully saturated rings. The molecule has 0 saturated heterocycles. The fourth-order valence-corrected chi connectivity index (χ4v) is 7.06. The lowest BCUT2D eigenvalue weighted by Crippen LogP contribution is -2.30. The van der Waals surface area contributed by atoms with Gasteiger partial charge in [0.2, 0.25) is 0 Å². The summed E-state index contributed by atoms with van der Waals surface area (Å²) in [6, 6.07) is 9.97. The molecule has 1 amide bonds. The molecule has 0 saturated carbocycles. The zero-order chi connectivity index (χ0) is 23.8. The Morgan fingerprint density at radius 2 is 1.76 bits per heavy atom. The molecule has 6 nitrogen and oxygen atoms in total. The van der Waals surface area contributed by atoms with Crippen LogP contribution in [0.5, 0.6) is 0 Å². The molecule has 176 valence electrons. The molecule has 2 aromatic heterocycles. The molecular weight excluding hydrogens is 470 g/mol. The Hall–Kier alpha value is -2.97. The van der Waals surface area contributed by atoms with Crippen LogP contribution in [0.15, 0.2) is 30.3 Å². The number of hydrogen-bond donors (Lipinski definition) is 1. The number of amides is 1. The van der Waals surface area contributed by atoms with Gasteiger partial charge in [-0.05, 0) is 73.8 Å². The molecule has 0 radical (unpaired) electrons. The van der Waals surface area contributed by atoms with Gasteiger partial charge >= 0.3 is 11.9 Å². The molecule has 1 aromatic carbocycles. The summed E-state index contributed by atoms with van der Waals surface area (Å²) in [5.74, 6) is -1.46. The van der Waals surface area contributed by atoms with E-state index >= 15 is 0 Å². The van der Waals surface area contributed by atoms with Crippen molar-refractivity contribution in [1.82, 2.24) is 0 Å². The Balaban J connectivity index is 1.36. The molecule has 8 heteroatoms. The van der Waals surface area contributed by atoms with E-state index in [1.807, 2.05) is 24.3 Å². The van der Waals surface area contributed by atoms with Gasteiger partial charge in [-0.3, -0.25) is 4.79 Å². The summed E-state index contributed by atoms with van der Waals surface area (Å²) in [4.78, 5) is 41.0. The van der Waals surface area contributed by atoms with Gasteiger partial charge in [0.05, 0.1) is 12.7 Å². The van der Waals surface area contributed by atoms with E-state index in [1.165, 1.54) is 45.8 Å². The maximum absolute atomic E-state index is 13.0. The van der Waals surface area contributed by atoms with Crippen LogP contribution >= 0.6 is 22.7 Å². The first-order valence-electron chi connectivity index (χ1n) is 11.4. The van der Waals surface area contributed by atoms with Crippen LogP contribution < -0.4 is 5.32 Å². The maximum Gasteiger partial charge on any atom is 0.349 e. The molecule has 0 aliphatic heterocycles. The Labute approximate surface area is 205 Å². The molecule has 2 aliphatic rings. The molecule has 2 heterocycles. The fourth-order valence-electron chi connectivity index (χ4n) is 4.62. The summed E-state index contributed by atoms with van der Waals surface area (Å²) in [5, 5.41) is 3.25. The molecule has 5 rings (SSSR count). The Morgan fingerprint density at radius 3 is 2.56 bits per heavy atom. The summed E-state index contributed by atoms with van der Waals surface area (Å²) in [6.07, 6.45) is 4.74. The van der Waals surface area contributed by atoms with Gasteiger partial charge < -0.3 is 14.8 Å². The molecule has 0 bridgehead atoms. The zero-order valence-corrected chi connectivity index (χ0v) is 20.7. The number of ether oxygens (including phenoxy) is 2. The van der Waals surface area contributed by atoms with Crippen molar-refractivity contribution in [2.24, 2.45) is 0 Å². The molecule has 3 aromatic rings. The Morgan fingerprint density at radius 1 is 0.971 bits per heavy atom. The fraction of sp³-hybridized carbons (Fsp3) is 0.346. The first kappa shape index (κ1) is 22.8. The zero-order valence-electron chi connectivity index (χ0n) is 19.1. The predicted molar refractivity (Wildman–Crippen MR) is 133 cm³/mol. The lowest BCUT2D eigenvalue weighted by molar-refractivity contribution is -0.123. The highest BCUT2D eigenvalue weighted by Crippen LogP contribution is 2.45. The van der Waals surface area contributed by atoms with Gasteiger partial charge in [-0.25, -0.2) is 9.59 Å². The smallest absolute Gasteiger partial charge is 0.349 e. The normalized spacial score (nSPS) is 14.9. The number of anilines is 1. The number of carbonyl (C=O) groups is 3. The molecule has 1 N–H and O–H groups in total. The SMILES string of the molecule is COC(=O)c1c(NC(=O)C(C)OC(=O)c2cc3c(s2)CCCC3)sc2c1CCc1ccccc1-2. The van der Waals surface area contributed by atoms with Crippen molar-refractivity contribution in [3.05, 3.63) is 62.3 Å². The number of rotatable bonds is 5. The van der Waals surface area contributed by atoms with E-state index in [1.54, 1.807) is 6.92 Å². The number of nitrogens with one attached hydrogen (secondary N) is 1. The van der Waals surface area contributed by atoms with Crippen LogP contribution in [-0.2, 0) is 40.0 Å². The predicted octanol–water partition coefficient (Wildman–Crippen LogP) is 5.42. The first-order chi connectivity index (χ1) is 16.5. The third-order valence-electron chi connectivity index (χ3n) is 6.39. The lowest BCUT2D eigenvalue weighted by Gasteiger charge is -2.16. The lowest BCUT2D eigenvalue weighted by atomic mass is 9.89. The number of benzene rings is 1. The standard InChI is InChI=1S/C26H25NO5S2/c1-14(32-25(29)20-13-16-8-4-6-10-19(16)33-20)23(28)27-24-21(26(30)31-2)18-12-11-15-7-3-5-9-17(15)22(18)34-24/h3,5,7,9,13-14H,4,6,8,10-12H2,1-2H3,(H,27,28).